The van der Waals surface area contributed by atoms with Crippen LogP contribution in [0.4, 0.5) is 15.3 Å². The first kappa shape index (κ1) is 66.5. The Labute approximate surface area is 480 Å². The molecule has 2 aromatic carbocycles. The maximum absolute atomic E-state index is 14.1. The van der Waals surface area contributed by atoms with Crippen LogP contribution in [-0.4, -0.2) is 149 Å². The lowest BCUT2D eigenvalue weighted by atomic mass is 9.85. The summed E-state index contributed by atoms with van der Waals surface area (Å²) in [7, 11) is 0. The molecule has 2 aromatic heterocycles. The Kier molecular flexibility index (Phi) is 28.2. The fraction of sp³-hybridized carbons (Fsp3) is 0.509. The predicted octanol–water partition coefficient (Wildman–Crippen LogP) is 4.42. The minimum absolute atomic E-state index is 0. The van der Waals surface area contributed by atoms with Gasteiger partial charge in [-0.3, -0.25) is 19.2 Å². The summed E-state index contributed by atoms with van der Waals surface area (Å²) in [6, 6.07) is 12.1. The van der Waals surface area contributed by atoms with Crippen molar-refractivity contribution in [1.29, 1.82) is 0 Å². The number of anilines is 1. The zero-order valence-corrected chi connectivity index (χ0v) is 47.3. The van der Waals surface area contributed by atoms with Gasteiger partial charge in [-0.25, -0.2) is 19.4 Å². The Hall–Kier alpha value is -7.01. The molecule has 0 fully saturated rings. The fourth-order valence-corrected chi connectivity index (χ4v) is 8.88. The molecule has 2 aliphatic heterocycles. The molecule has 28 heteroatoms. The first-order valence-electron chi connectivity index (χ1n) is 25.9. The number of nitrogens with one attached hydrogen (secondary N) is 3. The van der Waals surface area contributed by atoms with E-state index < -0.39 is 66.0 Å². The number of hydrogen-bond acceptors (Lipinski definition) is 19. The van der Waals surface area contributed by atoms with Crippen molar-refractivity contribution in [1.82, 2.24) is 20.2 Å². The number of phenols is 1. The lowest BCUT2D eigenvalue weighted by molar-refractivity contribution is -0.175. The molecular weight excluding hydrogens is 1100 g/mol. The number of nitrogens with zero attached hydrogens (tertiary/aromatic N) is 5. The number of aryl methyl sites for hydroxylation is 1. The number of ketones is 1. The van der Waals surface area contributed by atoms with E-state index >= 15 is 0 Å². The molecule has 0 saturated heterocycles. The minimum atomic E-state index is -2.01. The zero-order valence-electron chi connectivity index (χ0n) is 45.3. The third-order valence-electron chi connectivity index (χ3n) is 12.8. The van der Waals surface area contributed by atoms with Gasteiger partial charge in [0.2, 0.25) is 17.4 Å². The van der Waals surface area contributed by atoms with Crippen LogP contribution in [0, 0.1) is 5.92 Å². The Bertz CT molecular complexity index is 2890. The van der Waals surface area contributed by atoms with Crippen molar-refractivity contribution in [2.75, 3.05) is 104 Å². The number of amides is 4. The number of pyridine rings is 2. The van der Waals surface area contributed by atoms with Crippen LogP contribution in [-0.2, 0) is 93.6 Å². The molecule has 0 unspecified atom stereocenters. The summed E-state index contributed by atoms with van der Waals surface area (Å²) in [4.78, 5) is 98.7. The largest absolute Gasteiger partial charge is 0.510 e. The average molecular weight is 1170 g/mol. The van der Waals surface area contributed by atoms with E-state index in [9.17, 15) is 38.7 Å². The van der Waals surface area contributed by atoms with Gasteiger partial charge in [0.1, 0.15) is 32.2 Å². The Morgan fingerprint density at radius 2 is 1.52 bits per heavy atom. The number of carbonyl (C=O) groups excluding carboxylic acids is 6. The number of Topliss-reactive ketones (excluding diaryl/α,β-unsaturated/α-hetero) is 1. The standard InChI is InChI=1S/C53H67N9O17.2H2S/c1-3-39-40-27-37(63)11-12-44(40)60-47-41(39)29-62-45(47)28-43-42(49(62)67)32-77-50(68)53(43,4-2)79-52(70)78-30-34-7-9-36(10-8-34)59-48(66)35(6-5-13-57-51(54)69)26-38(64)31-76-33-46(65)56-14-16-71-18-20-73-22-24-75-25-23-74-21-19-72-17-15-58-61-55;;/h7-12,27-28,35,63H,3-6,13-26,29-33H2,1-2H3,(H,56,65)(H,59,66)(H3,54,57,69);2*1H2/t35-,53+;;/m1../s1. The number of azide groups is 1. The molecule has 0 bridgehead atoms. The van der Waals surface area contributed by atoms with Gasteiger partial charge in [-0.1, -0.05) is 31.1 Å². The highest BCUT2D eigenvalue weighted by molar-refractivity contribution is 7.59. The number of hydrogen-bond donors (Lipinski definition) is 5. The van der Waals surface area contributed by atoms with E-state index in [-0.39, 0.29) is 109 Å². The zero-order chi connectivity index (χ0) is 56.6. The maximum atomic E-state index is 14.1. The van der Waals surface area contributed by atoms with Crippen LogP contribution in [0.5, 0.6) is 5.75 Å². The first-order chi connectivity index (χ1) is 38.3. The molecule has 2 aliphatic rings. The maximum Gasteiger partial charge on any atom is 0.510 e. The monoisotopic (exact) mass is 1170 g/mol. The molecule has 442 valence electrons. The van der Waals surface area contributed by atoms with Gasteiger partial charge in [-0.05, 0) is 78.7 Å². The smallest absolute Gasteiger partial charge is 0.508 e. The molecule has 0 aliphatic carbocycles. The second-order valence-electron chi connectivity index (χ2n) is 18.1. The normalized spacial score (nSPS) is 14.1. The lowest BCUT2D eigenvalue weighted by Crippen LogP contribution is -2.47. The number of aromatic hydroxyl groups is 1. The molecule has 0 spiro atoms. The molecule has 6 rings (SSSR count). The Morgan fingerprint density at radius 1 is 0.852 bits per heavy atom. The Balaban J connectivity index is 0.00000706. The first-order valence-corrected chi connectivity index (χ1v) is 25.9. The molecule has 0 radical (unpaired) electrons. The summed E-state index contributed by atoms with van der Waals surface area (Å²) in [5.74, 6) is -3.02. The number of primary amides is 1. The highest BCUT2D eigenvalue weighted by atomic mass is 32.1. The van der Waals surface area contributed by atoms with Gasteiger partial charge in [0, 0.05) is 59.1 Å². The second kappa shape index (κ2) is 34.3. The van der Waals surface area contributed by atoms with Crippen molar-refractivity contribution in [3.05, 3.63) is 97.1 Å². The molecular formula is C53H71N9O17S2. The van der Waals surface area contributed by atoms with E-state index in [1.165, 1.54) is 6.07 Å². The van der Waals surface area contributed by atoms with E-state index in [0.717, 1.165) is 16.5 Å². The van der Waals surface area contributed by atoms with E-state index in [0.29, 0.717) is 100 Å². The van der Waals surface area contributed by atoms with Gasteiger partial charge in [-0.2, -0.15) is 27.0 Å². The van der Waals surface area contributed by atoms with Crippen molar-refractivity contribution in [3.8, 4) is 17.1 Å². The SMILES string of the molecule is CCc1c2c(nc3ccc(O)cc13)-c1cc3c(c(=O)n1C2)COC(=O)[C@@]3(CC)OC(=O)OCc1ccc(NC(=O)[C@H](CCCNC(N)=O)CC(=O)COCC(=O)NCCOCCOCCOCCOCCOCCN=[N+]=[N-])cc1.S.S. The molecule has 0 saturated carbocycles. The highest BCUT2D eigenvalue weighted by Crippen LogP contribution is 2.42. The summed E-state index contributed by atoms with van der Waals surface area (Å²) in [6.45, 7) is 6.51. The van der Waals surface area contributed by atoms with Gasteiger partial charge in [0.15, 0.2) is 5.78 Å². The number of rotatable bonds is 35. The van der Waals surface area contributed by atoms with Crippen LogP contribution in [0.3, 0.4) is 0 Å². The number of aromatic nitrogens is 2. The molecule has 4 heterocycles. The van der Waals surface area contributed by atoms with Gasteiger partial charge < -0.3 is 74.0 Å². The van der Waals surface area contributed by atoms with Crippen molar-refractivity contribution < 1.29 is 76.5 Å². The van der Waals surface area contributed by atoms with E-state index in [1.807, 2.05) is 6.92 Å². The summed E-state index contributed by atoms with van der Waals surface area (Å²) >= 11 is 0. The predicted molar refractivity (Wildman–Crippen MR) is 302 cm³/mol. The second-order valence-corrected chi connectivity index (χ2v) is 18.1. The summed E-state index contributed by atoms with van der Waals surface area (Å²) < 4.78 is 50.5. The van der Waals surface area contributed by atoms with Crippen LogP contribution in [0.15, 0.2) is 58.4 Å². The number of carbonyl (C=O) groups is 6. The number of nitrogens with two attached hydrogens (primary N) is 1. The van der Waals surface area contributed by atoms with E-state index in [2.05, 4.69) is 26.0 Å². The average Bonchev–Trinajstić information content (AvgIpc) is 4.05. The number of esters is 1. The number of ether oxygens (including phenoxy) is 9. The number of fused-ring (bicyclic) bond motifs is 5. The van der Waals surface area contributed by atoms with Crippen molar-refractivity contribution >= 4 is 79.3 Å². The molecule has 6 N–H and O–H groups in total. The number of cyclic esters (lactones) is 1. The van der Waals surface area contributed by atoms with Crippen LogP contribution >= 0.6 is 27.0 Å². The number of urea groups is 1. The van der Waals surface area contributed by atoms with Crippen LogP contribution in [0.1, 0.15) is 67.3 Å². The van der Waals surface area contributed by atoms with Gasteiger partial charge in [0.05, 0.1) is 95.1 Å². The van der Waals surface area contributed by atoms with E-state index in [4.69, 9.17) is 58.9 Å². The van der Waals surface area contributed by atoms with Gasteiger partial charge in [0.25, 0.3) is 5.56 Å². The lowest BCUT2D eigenvalue weighted by Gasteiger charge is -2.35. The molecule has 26 nitrogen and oxygen atoms in total. The van der Waals surface area contributed by atoms with Crippen LogP contribution in [0.25, 0.3) is 32.7 Å². The van der Waals surface area contributed by atoms with Gasteiger partial charge >= 0.3 is 18.2 Å². The minimum Gasteiger partial charge on any atom is -0.508 e. The molecule has 81 heavy (non-hydrogen) atoms. The quantitative estimate of drug-likeness (QED) is 0.0123. The van der Waals surface area contributed by atoms with Crippen LogP contribution < -0.4 is 27.2 Å². The van der Waals surface area contributed by atoms with Crippen molar-refractivity contribution in [2.45, 2.75) is 71.3 Å². The topological polar surface area (TPSA) is 351 Å². The molecule has 4 aromatic rings. The van der Waals surface area contributed by atoms with Crippen molar-refractivity contribution in [2.24, 2.45) is 16.8 Å². The third-order valence-corrected chi connectivity index (χ3v) is 12.8. The number of benzene rings is 2. The number of phenolic OH excluding ortho intramolecular Hbond substituents is 1. The Morgan fingerprint density at radius 3 is 2.16 bits per heavy atom. The van der Waals surface area contributed by atoms with E-state index in [1.54, 1.807) is 54.0 Å². The summed E-state index contributed by atoms with van der Waals surface area (Å²) in [5, 5.41) is 22.2. The third kappa shape index (κ3) is 19.3. The highest BCUT2D eigenvalue weighted by Gasteiger charge is 2.51. The fourth-order valence-electron chi connectivity index (χ4n) is 8.88. The summed E-state index contributed by atoms with van der Waals surface area (Å²) in [6.07, 6.45) is -0.394. The molecule has 4 amide bonds. The van der Waals surface area contributed by atoms with Gasteiger partial charge in [-0.15, -0.1) is 0 Å². The molecule has 2 atom stereocenters. The van der Waals surface area contributed by atoms with Crippen LogP contribution in [0.2, 0.25) is 0 Å². The van der Waals surface area contributed by atoms with Crippen molar-refractivity contribution in [3.63, 3.8) is 0 Å². The summed E-state index contributed by atoms with van der Waals surface area (Å²) in [5.41, 5.74) is 15.5.